The number of methoxy groups -OCH3 is 1. The molecule has 140 valence electrons. The number of aryl methyl sites for hydroxylation is 2. The summed E-state index contributed by atoms with van der Waals surface area (Å²) in [5.74, 6) is -0.555. The zero-order valence-corrected chi connectivity index (χ0v) is 15.3. The number of benzene rings is 1. The van der Waals surface area contributed by atoms with E-state index >= 15 is 0 Å². The largest absolute Gasteiger partial charge is 0.492 e. The number of halogens is 1. The highest BCUT2D eigenvalue weighted by molar-refractivity contribution is 6.06. The van der Waals surface area contributed by atoms with Crippen LogP contribution in [0.25, 0.3) is 11.4 Å². The highest BCUT2D eigenvalue weighted by atomic mass is 19.1. The van der Waals surface area contributed by atoms with Crippen molar-refractivity contribution in [2.75, 3.05) is 19.0 Å². The second kappa shape index (κ2) is 6.46. The number of anilines is 2. The fraction of sp³-hybridized carbons (Fsp3) is 0.263. The van der Waals surface area contributed by atoms with Crippen molar-refractivity contribution in [1.82, 2.24) is 20.1 Å². The Morgan fingerprint density at radius 3 is 2.89 bits per heavy atom. The Bertz CT molecular complexity index is 1040. The van der Waals surface area contributed by atoms with Crippen LogP contribution in [0.4, 0.5) is 15.8 Å². The second-order valence-electron chi connectivity index (χ2n) is 6.47. The summed E-state index contributed by atoms with van der Waals surface area (Å²) in [6.45, 7) is 2.47. The number of aromatic amines is 1. The lowest BCUT2D eigenvalue weighted by Crippen LogP contribution is -2.31. The van der Waals surface area contributed by atoms with Gasteiger partial charge in [-0.15, -0.1) is 0 Å². The van der Waals surface area contributed by atoms with Gasteiger partial charge in [0.25, 0.3) is 5.91 Å². The number of rotatable bonds is 4. The number of ether oxygens (including phenoxy) is 1. The molecule has 2 aromatic heterocycles. The fourth-order valence-electron chi connectivity index (χ4n) is 3.49. The molecule has 0 aliphatic carbocycles. The first kappa shape index (κ1) is 17.1. The van der Waals surface area contributed by atoms with E-state index in [-0.39, 0.29) is 11.7 Å². The number of carbonyl (C=O) groups is 1. The molecular weight excluding hydrogens is 349 g/mol. The van der Waals surface area contributed by atoms with E-state index in [4.69, 9.17) is 4.74 Å². The summed E-state index contributed by atoms with van der Waals surface area (Å²) in [6.07, 6.45) is 0.687. The Morgan fingerprint density at radius 2 is 2.19 bits per heavy atom. The van der Waals surface area contributed by atoms with E-state index in [9.17, 15) is 9.18 Å². The molecule has 0 atom stereocenters. The predicted molar refractivity (Wildman–Crippen MR) is 100 cm³/mol. The van der Waals surface area contributed by atoms with Gasteiger partial charge in [0.2, 0.25) is 0 Å². The van der Waals surface area contributed by atoms with Crippen LogP contribution in [0.5, 0.6) is 5.75 Å². The van der Waals surface area contributed by atoms with Crippen molar-refractivity contribution >= 4 is 17.3 Å². The number of aromatic nitrogens is 3. The van der Waals surface area contributed by atoms with Crippen LogP contribution >= 0.6 is 0 Å². The highest BCUT2D eigenvalue weighted by Crippen LogP contribution is 2.39. The molecule has 0 radical (unpaired) electrons. The molecule has 3 heterocycles. The van der Waals surface area contributed by atoms with E-state index in [1.165, 1.54) is 13.2 Å². The van der Waals surface area contributed by atoms with Gasteiger partial charge in [0.05, 0.1) is 41.1 Å². The van der Waals surface area contributed by atoms with Crippen LogP contribution in [0.15, 0.2) is 24.3 Å². The molecule has 0 spiro atoms. The van der Waals surface area contributed by atoms with Crippen LogP contribution in [0.2, 0.25) is 0 Å². The van der Waals surface area contributed by atoms with Gasteiger partial charge in [-0.05, 0) is 25.1 Å². The molecule has 3 aromatic rings. The molecule has 7 nitrogen and oxygen atoms in total. The molecule has 27 heavy (non-hydrogen) atoms. The smallest absolute Gasteiger partial charge is 0.255 e. The molecule has 0 fully saturated rings. The SMILES string of the molecule is COc1c(F)cccc1Nc1c(-c2cc(C)nn2C)[nH]c2c1C(=O)NCC2. The zero-order chi connectivity index (χ0) is 19.1. The number of hydrogen-bond donors (Lipinski definition) is 3. The van der Waals surface area contributed by atoms with E-state index in [0.29, 0.717) is 29.9 Å². The molecule has 1 aromatic carbocycles. The van der Waals surface area contributed by atoms with Crippen LogP contribution in [-0.2, 0) is 13.5 Å². The van der Waals surface area contributed by atoms with E-state index in [1.807, 2.05) is 20.0 Å². The third-order valence-corrected chi connectivity index (χ3v) is 4.65. The lowest BCUT2D eigenvalue weighted by Gasteiger charge is -2.16. The topological polar surface area (TPSA) is 84.0 Å². The third kappa shape index (κ3) is 2.83. The van der Waals surface area contributed by atoms with Gasteiger partial charge in [-0.1, -0.05) is 6.07 Å². The van der Waals surface area contributed by atoms with Gasteiger partial charge in [0.1, 0.15) is 0 Å². The normalized spacial score (nSPS) is 13.3. The summed E-state index contributed by atoms with van der Waals surface area (Å²) in [6, 6.07) is 6.56. The number of H-pyrrole nitrogens is 1. The zero-order valence-electron chi connectivity index (χ0n) is 15.3. The lowest BCUT2D eigenvalue weighted by atomic mass is 10.1. The summed E-state index contributed by atoms with van der Waals surface area (Å²) in [7, 11) is 3.25. The van der Waals surface area contributed by atoms with Crippen molar-refractivity contribution in [2.45, 2.75) is 13.3 Å². The highest BCUT2D eigenvalue weighted by Gasteiger charge is 2.28. The molecule has 0 saturated carbocycles. The molecule has 4 rings (SSSR count). The summed E-state index contributed by atoms with van der Waals surface area (Å²) in [5.41, 5.74) is 4.80. The molecule has 1 amide bonds. The van der Waals surface area contributed by atoms with Crippen molar-refractivity contribution in [2.24, 2.45) is 7.05 Å². The standard InChI is InChI=1S/C19H20FN5O2/c1-10-9-14(25(2)24-10)16-17(15-12(22-16)7-8-21-19(15)26)23-13-6-4-5-11(20)18(13)27-3/h4-6,9,22-23H,7-8H2,1-3H3,(H,21,26). The molecule has 0 bridgehead atoms. The van der Waals surface area contributed by atoms with Gasteiger partial charge in [0.15, 0.2) is 11.6 Å². The van der Waals surface area contributed by atoms with Crippen molar-refractivity contribution < 1.29 is 13.9 Å². The van der Waals surface area contributed by atoms with Crippen molar-refractivity contribution in [3.63, 3.8) is 0 Å². The van der Waals surface area contributed by atoms with Crippen molar-refractivity contribution in [3.05, 3.63) is 47.0 Å². The van der Waals surface area contributed by atoms with Gasteiger partial charge in [0, 0.05) is 25.7 Å². The van der Waals surface area contributed by atoms with Gasteiger partial charge in [-0.25, -0.2) is 4.39 Å². The van der Waals surface area contributed by atoms with Crippen LogP contribution in [-0.4, -0.2) is 34.3 Å². The summed E-state index contributed by atoms with van der Waals surface area (Å²) >= 11 is 0. The van der Waals surface area contributed by atoms with Gasteiger partial charge < -0.3 is 20.4 Å². The van der Waals surface area contributed by atoms with Crippen LogP contribution in [0, 0.1) is 12.7 Å². The maximum atomic E-state index is 14.1. The first-order chi connectivity index (χ1) is 13.0. The van der Waals surface area contributed by atoms with E-state index in [0.717, 1.165) is 22.8 Å². The minimum absolute atomic E-state index is 0.0933. The van der Waals surface area contributed by atoms with Crippen LogP contribution in [0.1, 0.15) is 21.7 Å². The number of hydrogen-bond acceptors (Lipinski definition) is 4. The van der Waals surface area contributed by atoms with Crippen molar-refractivity contribution in [3.8, 4) is 17.1 Å². The summed E-state index contributed by atoms with van der Waals surface area (Å²) in [5, 5.41) is 10.5. The van der Waals surface area contributed by atoms with Crippen LogP contribution < -0.4 is 15.4 Å². The molecule has 1 aliphatic heterocycles. The first-order valence-corrected chi connectivity index (χ1v) is 8.63. The molecule has 0 unspecified atom stereocenters. The second-order valence-corrected chi connectivity index (χ2v) is 6.47. The van der Waals surface area contributed by atoms with Crippen LogP contribution in [0.3, 0.4) is 0 Å². The monoisotopic (exact) mass is 369 g/mol. The number of amides is 1. The molecule has 1 aliphatic rings. The van der Waals surface area contributed by atoms with E-state index in [1.54, 1.807) is 16.8 Å². The van der Waals surface area contributed by atoms with E-state index < -0.39 is 5.82 Å². The third-order valence-electron chi connectivity index (χ3n) is 4.65. The molecule has 3 N–H and O–H groups in total. The Morgan fingerprint density at radius 1 is 1.37 bits per heavy atom. The average Bonchev–Trinajstić information content (AvgIpc) is 3.15. The Balaban J connectivity index is 1.91. The van der Waals surface area contributed by atoms with E-state index in [2.05, 4.69) is 20.7 Å². The summed E-state index contributed by atoms with van der Waals surface area (Å²) in [4.78, 5) is 15.9. The Labute approximate surface area is 155 Å². The molecular formula is C19H20FN5O2. The lowest BCUT2D eigenvalue weighted by molar-refractivity contribution is 0.0947. The predicted octanol–water partition coefficient (Wildman–Crippen LogP) is 2.90. The minimum atomic E-state index is -0.478. The number of para-hydroxylation sites is 1. The van der Waals surface area contributed by atoms with Gasteiger partial charge in [-0.2, -0.15) is 5.10 Å². The first-order valence-electron chi connectivity index (χ1n) is 8.63. The average molecular weight is 369 g/mol. The fourth-order valence-corrected chi connectivity index (χ4v) is 3.49. The number of fused-ring (bicyclic) bond motifs is 1. The molecule has 0 saturated heterocycles. The Kier molecular flexibility index (Phi) is 4.10. The number of carbonyl (C=O) groups excluding carboxylic acids is 1. The Hall–Kier alpha value is -3.29. The molecule has 8 heteroatoms. The number of nitrogens with zero attached hydrogens (tertiary/aromatic N) is 2. The minimum Gasteiger partial charge on any atom is -0.492 e. The van der Waals surface area contributed by atoms with Gasteiger partial charge >= 0.3 is 0 Å². The maximum Gasteiger partial charge on any atom is 0.255 e. The summed E-state index contributed by atoms with van der Waals surface area (Å²) < 4.78 is 21.1. The van der Waals surface area contributed by atoms with Crippen molar-refractivity contribution in [1.29, 1.82) is 0 Å². The maximum absolute atomic E-state index is 14.1. The number of nitrogens with one attached hydrogen (secondary N) is 3. The van der Waals surface area contributed by atoms with Gasteiger partial charge in [-0.3, -0.25) is 9.48 Å². The quantitative estimate of drug-likeness (QED) is 0.660.